The highest BCUT2D eigenvalue weighted by molar-refractivity contribution is 7.99. The highest BCUT2D eigenvalue weighted by Gasteiger charge is 2.17. The normalized spacial score (nSPS) is 16.9. The molecular weight excluding hydrogens is 248 g/mol. The van der Waals surface area contributed by atoms with Gasteiger partial charge in [-0.1, -0.05) is 17.8 Å². The summed E-state index contributed by atoms with van der Waals surface area (Å²) in [7, 11) is 0. The van der Waals surface area contributed by atoms with Crippen molar-refractivity contribution in [3.05, 3.63) is 23.9 Å². The van der Waals surface area contributed by atoms with Gasteiger partial charge in [0.2, 0.25) is 5.91 Å². The van der Waals surface area contributed by atoms with Crippen molar-refractivity contribution in [2.75, 3.05) is 18.8 Å². The van der Waals surface area contributed by atoms with Crippen LogP contribution in [0, 0.1) is 0 Å². The Morgan fingerprint density at radius 1 is 1.50 bits per heavy atom. The van der Waals surface area contributed by atoms with Crippen LogP contribution in [0.2, 0.25) is 0 Å². The van der Waals surface area contributed by atoms with Crippen LogP contribution in [-0.4, -0.2) is 39.7 Å². The molecule has 1 amide bonds. The number of carbonyl (C=O) groups is 1. The van der Waals surface area contributed by atoms with E-state index in [-0.39, 0.29) is 5.91 Å². The Bertz CT molecular complexity index is 400. The summed E-state index contributed by atoms with van der Waals surface area (Å²) in [5.74, 6) is 0.639. The van der Waals surface area contributed by atoms with Crippen molar-refractivity contribution in [3.63, 3.8) is 0 Å². The summed E-state index contributed by atoms with van der Waals surface area (Å²) in [4.78, 5) is 18.0. The minimum absolute atomic E-state index is 0.193. The lowest BCUT2D eigenvalue weighted by molar-refractivity contribution is -0.127. The molecule has 0 unspecified atom stereocenters. The minimum atomic E-state index is -0.497. The molecule has 2 heterocycles. The largest absolute Gasteiger partial charge is 0.389 e. The fraction of sp³-hybridized carbons (Fsp3) is 0.538. The van der Waals surface area contributed by atoms with Gasteiger partial charge < -0.3 is 10.0 Å². The van der Waals surface area contributed by atoms with Crippen LogP contribution >= 0.6 is 11.8 Å². The molecule has 0 aliphatic carbocycles. The molecular formula is C13H18N2O2S. The van der Waals surface area contributed by atoms with Gasteiger partial charge in [0.15, 0.2) is 0 Å². The maximum Gasteiger partial charge on any atom is 0.232 e. The number of thioether (sulfide) groups is 1. The van der Waals surface area contributed by atoms with Gasteiger partial charge in [0, 0.05) is 19.3 Å². The second-order valence-corrected chi connectivity index (χ2v) is 5.48. The van der Waals surface area contributed by atoms with Crippen LogP contribution < -0.4 is 0 Å². The molecule has 1 aliphatic rings. The lowest BCUT2D eigenvalue weighted by atomic mass is 10.2. The van der Waals surface area contributed by atoms with E-state index in [2.05, 4.69) is 4.98 Å². The molecule has 1 aromatic rings. The lowest BCUT2D eigenvalue weighted by Gasteiger charge is -2.14. The standard InChI is InChI=1S/C13H18N2O2S/c1-10(16)11-4-5-12(14-8-11)18-9-13(17)15-6-2-3-7-15/h4-5,8,10,16H,2-3,6-7,9H2,1H3/t10-/m1/s1. The quantitative estimate of drug-likeness (QED) is 0.845. The number of rotatable bonds is 4. The Hall–Kier alpha value is -1.07. The molecule has 2 rings (SSSR count). The van der Waals surface area contributed by atoms with Gasteiger partial charge in [-0.25, -0.2) is 4.98 Å². The number of amides is 1. The Morgan fingerprint density at radius 3 is 2.78 bits per heavy atom. The average molecular weight is 266 g/mol. The zero-order valence-corrected chi connectivity index (χ0v) is 11.3. The predicted molar refractivity (Wildman–Crippen MR) is 71.4 cm³/mol. The maximum atomic E-state index is 11.8. The van der Waals surface area contributed by atoms with E-state index < -0.39 is 6.10 Å². The maximum absolute atomic E-state index is 11.8. The second kappa shape index (κ2) is 6.20. The lowest BCUT2D eigenvalue weighted by Crippen LogP contribution is -2.29. The van der Waals surface area contributed by atoms with E-state index in [1.165, 1.54) is 11.8 Å². The Balaban J connectivity index is 1.84. The first kappa shape index (κ1) is 13.4. The predicted octanol–water partition coefficient (Wildman–Crippen LogP) is 1.85. The molecule has 1 aliphatic heterocycles. The number of hydrogen-bond acceptors (Lipinski definition) is 4. The van der Waals surface area contributed by atoms with Crippen LogP contribution in [0.5, 0.6) is 0 Å². The van der Waals surface area contributed by atoms with Crippen LogP contribution in [0.1, 0.15) is 31.4 Å². The highest BCUT2D eigenvalue weighted by Crippen LogP contribution is 2.19. The summed E-state index contributed by atoms with van der Waals surface area (Å²) in [5.41, 5.74) is 0.796. The number of aliphatic hydroxyl groups is 1. The number of hydrogen-bond donors (Lipinski definition) is 1. The fourth-order valence-corrected chi connectivity index (χ4v) is 2.66. The average Bonchev–Trinajstić information content (AvgIpc) is 2.90. The number of nitrogens with zero attached hydrogens (tertiary/aromatic N) is 2. The van der Waals surface area contributed by atoms with Crippen LogP contribution in [0.4, 0.5) is 0 Å². The number of likely N-dealkylation sites (tertiary alicyclic amines) is 1. The van der Waals surface area contributed by atoms with Gasteiger partial charge in [-0.2, -0.15) is 0 Å². The molecule has 0 bridgehead atoms. The van der Waals surface area contributed by atoms with Gasteiger partial charge in [-0.05, 0) is 31.4 Å². The van der Waals surface area contributed by atoms with E-state index in [0.29, 0.717) is 5.75 Å². The van der Waals surface area contributed by atoms with E-state index in [1.54, 1.807) is 13.1 Å². The number of aliphatic hydroxyl groups excluding tert-OH is 1. The molecule has 0 radical (unpaired) electrons. The van der Waals surface area contributed by atoms with Gasteiger partial charge in [-0.15, -0.1) is 0 Å². The van der Waals surface area contributed by atoms with Crippen molar-refractivity contribution in [1.82, 2.24) is 9.88 Å². The topological polar surface area (TPSA) is 53.4 Å². The third-order valence-electron chi connectivity index (χ3n) is 3.04. The Morgan fingerprint density at radius 2 is 2.22 bits per heavy atom. The van der Waals surface area contributed by atoms with Crippen LogP contribution in [0.25, 0.3) is 0 Å². The third kappa shape index (κ3) is 3.46. The Kier molecular flexibility index (Phi) is 4.60. The summed E-state index contributed by atoms with van der Waals surface area (Å²) in [6.45, 7) is 3.50. The van der Waals surface area contributed by atoms with E-state index in [4.69, 9.17) is 0 Å². The van der Waals surface area contributed by atoms with Gasteiger partial charge in [-0.3, -0.25) is 4.79 Å². The summed E-state index contributed by atoms with van der Waals surface area (Å²) >= 11 is 1.45. The van der Waals surface area contributed by atoms with Gasteiger partial charge >= 0.3 is 0 Å². The SMILES string of the molecule is C[C@@H](O)c1ccc(SCC(=O)N2CCCC2)nc1. The summed E-state index contributed by atoms with van der Waals surface area (Å²) in [6.07, 6.45) is 3.41. The van der Waals surface area contributed by atoms with Crippen molar-refractivity contribution >= 4 is 17.7 Å². The Labute approximate surface area is 111 Å². The second-order valence-electron chi connectivity index (χ2n) is 4.48. The van der Waals surface area contributed by atoms with Gasteiger partial charge in [0.1, 0.15) is 0 Å². The monoisotopic (exact) mass is 266 g/mol. The van der Waals surface area contributed by atoms with Crippen LogP contribution in [0.3, 0.4) is 0 Å². The molecule has 1 fully saturated rings. The number of aromatic nitrogens is 1. The highest BCUT2D eigenvalue weighted by atomic mass is 32.2. The van der Waals surface area contributed by atoms with Gasteiger partial charge in [0.05, 0.1) is 16.9 Å². The van der Waals surface area contributed by atoms with E-state index >= 15 is 0 Å². The summed E-state index contributed by atoms with van der Waals surface area (Å²) in [5, 5.41) is 10.2. The molecule has 1 N–H and O–H groups in total. The van der Waals surface area contributed by atoms with Crippen molar-refractivity contribution < 1.29 is 9.90 Å². The summed E-state index contributed by atoms with van der Waals surface area (Å²) in [6, 6.07) is 3.70. The molecule has 5 heteroatoms. The van der Waals surface area contributed by atoms with Crippen LogP contribution in [-0.2, 0) is 4.79 Å². The first-order chi connectivity index (χ1) is 8.66. The molecule has 0 spiro atoms. The minimum Gasteiger partial charge on any atom is -0.389 e. The van der Waals surface area contributed by atoms with E-state index in [1.807, 2.05) is 17.0 Å². The van der Waals surface area contributed by atoms with Crippen molar-refractivity contribution in [2.24, 2.45) is 0 Å². The molecule has 1 saturated heterocycles. The number of pyridine rings is 1. The molecule has 98 valence electrons. The molecule has 0 aromatic carbocycles. The number of carbonyl (C=O) groups excluding carboxylic acids is 1. The molecule has 1 aromatic heterocycles. The van der Waals surface area contributed by atoms with Crippen molar-refractivity contribution in [1.29, 1.82) is 0 Å². The smallest absolute Gasteiger partial charge is 0.232 e. The fourth-order valence-electron chi connectivity index (χ4n) is 1.92. The first-order valence-electron chi connectivity index (χ1n) is 6.21. The zero-order valence-electron chi connectivity index (χ0n) is 10.5. The van der Waals surface area contributed by atoms with E-state index in [0.717, 1.165) is 36.5 Å². The van der Waals surface area contributed by atoms with Crippen molar-refractivity contribution in [2.45, 2.75) is 30.9 Å². The van der Waals surface area contributed by atoms with Crippen molar-refractivity contribution in [3.8, 4) is 0 Å². The summed E-state index contributed by atoms with van der Waals surface area (Å²) < 4.78 is 0. The van der Waals surface area contributed by atoms with E-state index in [9.17, 15) is 9.90 Å². The first-order valence-corrected chi connectivity index (χ1v) is 7.20. The molecule has 18 heavy (non-hydrogen) atoms. The van der Waals surface area contributed by atoms with Crippen LogP contribution in [0.15, 0.2) is 23.4 Å². The van der Waals surface area contributed by atoms with Gasteiger partial charge in [0.25, 0.3) is 0 Å². The zero-order chi connectivity index (χ0) is 13.0. The molecule has 1 atom stereocenters. The molecule has 4 nitrogen and oxygen atoms in total. The third-order valence-corrected chi connectivity index (χ3v) is 3.97. The molecule has 0 saturated carbocycles.